The molecule has 2 heterocycles. The number of piperazine rings is 1. The first-order valence-corrected chi connectivity index (χ1v) is 13.7. The third kappa shape index (κ3) is 5.57. The molecular weight excluding hydrogens is 523 g/mol. The lowest BCUT2D eigenvalue weighted by Gasteiger charge is -2.44. The maximum Gasteiger partial charge on any atom is 0.453 e. The average Bonchev–Trinajstić information content (AvgIpc) is 3.72. The van der Waals surface area contributed by atoms with Crippen LogP contribution in [0.1, 0.15) is 37.7 Å². The summed E-state index contributed by atoms with van der Waals surface area (Å²) in [5.41, 5.74) is 2.59. The van der Waals surface area contributed by atoms with Gasteiger partial charge < -0.3 is 9.80 Å². The summed E-state index contributed by atoms with van der Waals surface area (Å²) in [5, 5.41) is 9.34. The molecule has 1 aliphatic carbocycles. The Kier molecular flexibility index (Phi) is 7.77. The Bertz CT molecular complexity index is 1060. The first-order chi connectivity index (χ1) is 17.3. The van der Waals surface area contributed by atoms with E-state index < -0.39 is 45.6 Å². The molecule has 37 heavy (non-hydrogen) atoms. The number of alkyl halides is 5. The summed E-state index contributed by atoms with van der Waals surface area (Å²) in [4.78, 5) is 16.7. The summed E-state index contributed by atoms with van der Waals surface area (Å²) in [7, 11) is -4.09. The minimum absolute atomic E-state index is 0.0906. The zero-order chi connectivity index (χ0) is 27.1. The second-order valence-corrected chi connectivity index (χ2v) is 12.2. The van der Waals surface area contributed by atoms with Crippen molar-refractivity contribution in [2.24, 2.45) is 0 Å². The number of amides is 1. The molecule has 3 aliphatic rings. The molecule has 2 N–H and O–H groups in total. The number of anilines is 1. The Balaban J connectivity index is 1.37. The highest BCUT2D eigenvalue weighted by Crippen LogP contribution is 2.40. The van der Waals surface area contributed by atoms with Crippen molar-refractivity contribution >= 4 is 21.6 Å². The maximum absolute atomic E-state index is 13.6. The lowest BCUT2D eigenvalue weighted by atomic mass is 9.95. The molecule has 2 aliphatic heterocycles. The first kappa shape index (κ1) is 28.0. The Morgan fingerprint density at radius 2 is 1.54 bits per heavy atom. The van der Waals surface area contributed by atoms with Crippen LogP contribution in [0.5, 0.6) is 0 Å². The molecule has 0 bridgehead atoms. The van der Waals surface area contributed by atoms with Gasteiger partial charge in [0.05, 0.1) is 0 Å². The van der Waals surface area contributed by atoms with E-state index in [4.69, 9.17) is 0 Å². The van der Waals surface area contributed by atoms with Gasteiger partial charge in [-0.25, -0.2) is 13.9 Å². The van der Waals surface area contributed by atoms with Crippen LogP contribution in [0.15, 0.2) is 24.3 Å². The number of hydroxylamine groups is 1. The van der Waals surface area contributed by atoms with E-state index in [1.165, 1.54) is 16.4 Å². The third-order valence-corrected chi connectivity index (χ3v) is 10.3. The van der Waals surface area contributed by atoms with Crippen molar-refractivity contribution in [1.29, 1.82) is 0 Å². The smallest absolute Gasteiger partial charge is 0.369 e. The number of nitrogens with one attached hydrogen (secondary N) is 1. The van der Waals surface area contributed by atoms with Gasteiger partial charge >= 0.3 is 12.1 Å². The quantitative estimate of drug-likeness (QED) is 0.292. The summed E-state index contributed by atoms with van der Waals surface area (Å²) < 4.78 is 90.3. The van der Waals surface area contributed by atoms with Crippen LogP contribution < -0.4 is 10.4 Å². The molecule has 208 valence electrons. The van der Waals surface area contributed by atoms with Gasteiger partial charge in [-0.2, -0.15) is 26.3 Å². The van der Waals surface area contributed by atoms with Crippen LogP contribution in [0.2, 0.25) is 0 Å². The molecule has 8 nitrogen and oxygen atoms in total. The fraction of sp³-hybridized carbons (Fsp3) is 0.696. The molecular formula is C23H31F5N4O4S. The number of aryl methyl sites for hydroxylation is 1. The van der Waals surface area contributed by atoms with E-state index in [1.54, 1.807) is 17.6 Å². The second kappa shape index (κ2) is 10.3. The van der Waals surface area contributed by atoms with Gasteiger partial charge in [-0.3, -0.25) is 10.0 Å². The van der Waals surface area contributed by atoms with Gasteiger partial charge in [0.15, 0.2) is 4.75 Å². The zero-order valence-electron chi connectivity index (χ0n) is 20.2. The van der Waals surface area contributed by atoms with Crippen molar-refractivity contribution in [3.8, 4) is 0 Å². The van der Waals surface area contributed by atoms with Crippen molar-refractivity contribution in [2.45, 2.75) is 61.4 Å². The van der Waals surface area contributed by atoms with Gasteiger partial charge in [-0.05, 0) is 49.8 Å². The van der Waals surface area contributed by atoms with E-state index in [2.05, 4.69) is 4.90 Å². The Labute approximate surface area is 212 Å². The molecule has 1 aromatic rings. The number of hydrogen-bond donors (Lipinski definition) is 2. The van der Waals surface area contributed by atoms with E-state index in [9.17, 15) is 40.4 Å². The van der Waals surface area contributed by atoms with Crippen LogP contribution in [0.25, 0.3) is 0 Å². The molecule has 0 unspecified atom stereocenters. The van der Waals surface area contributed by atoms with E-state index in [0.29, 0.717) is 43.5 Å². The minimum Gasteiger partial charge on any atom is -0.369 e. The normalized spacial score (nSPS) is 22.2. The van der Waals surface area contributed by atoms with Crippen LogP contribution in [-0.2, 0) is 21.2 Å². The molecule has 1 aromatic carbocycles. The minimum atomic E-state index is -5.59. The van der Waals surface area contributed by atoms with E-state index in [-0.39, 0.29) is 25.9 Å². The Morgan fingerprint density at radius 3 is 2.03 bits per heavy atom. The number of hydrogen-bond acceptors (Lipinski definition) is 6. The van der Waals surface area contributed by atoms with Crippen molar-refractivity contribution in [1.82, 2.24) is 14.7 Å². The summed E-state index contributed by atoms with van der Waals surface area (Å²) in [6.45, 7) is 1.73. The molecule has 0 aromatic heterocycles. The summed E-state index contributed by atoms with van der Waals surface area (Å²) in [6, 6.07) is 6.63. The van der Waals surface area contributed by atoms with Gasteiger partial charge in [0.2, 0.25) is 10.0 Å². The zero-order valence-corrected chi connectivity index (χ0v) is 21.0. The number of carbonyl (C=O) groups excluding carboxylic acids is 1. The molecule has 14 heteroatoms. The summed E-state index contributed by atoms with van der Waals surface area (Å²) in [6.07, 6.45) is -5.05. The number of sulfonamides is 1. The third-order valence-electron chi connectivity index (χ3n) is 7.70. The van der Waals surface area contributed by atoms with Crippen molar-refractivity contribution < 1.29 is 40.4 Å². The highest BCUT2D eigenvalue weighted by molar-refractivity contribution is 7.91. The summed E-state index contributed by atoms with van der Waals surface area (Å²) in [5.74, 6) is -5.68. The Hall–Kier alpha value is -2.03. The van der Waals surface area contributed by atoms with E-state index >= 15 is 0 Å². The van der Waals surface area contributed by atoms with Gasteiger partial charge in [-0.1, -0.05) is 12.1 Å². The van der Waals surface area contributed by atoms with Gasteiger partial charge in [0, 0.05) is 57.4 Å². The van der Waals surface area contributed by atoms with Crippen LogP contribution in [0, 0.1) is 0 Å². The maximum atomic E-state index is 13.6. The number of piperidine rings is 1. The topological polar surface area (TPSA) is 93.2 Å². The van der Waals surface area contributed by atoms with E-state index in [0.717, 1.165) is 12.8 Å². The van der Waals surface area contributed by atoms with Crippen LogP contribution >= 0.6 is 0 Å². The fourth-order valence-corrected chi connectivity index (χ4v) is 7.26. The second-order valence-electron chi connectivity index (χ2n) is 9.96. The average molecular weight is 555 g/mol. The van der Waals surface area contributed by atoms with Gasteiger partial charge in [0.25, 0.3) is 5.91 Å². The molecule has 1 amide bonds. The molecule has 0 spiro atoms. The number of halogens is 5. The van der Waals surface area contributed by atoms with Crippen molar-refractivity contribution in [3.05, 3.63) is 29.8 Å². The molecule has 1 saturated carbocycles. The fourth-order valence-electron chi connectivity index (χ4n) is 5.14. The molecule has 0 radical (unpaired) electrons. The summed E-state index contributed by atoms with van der Waals surface area (Å²) >= 11 is 0. The monoisotopic (exact) mass is 554 g/mol. The lowest BCUT2D eigenvalue weighted by Crippen LogP contribution is -2.63. The number of likely N-dealkylation sites (tertiary alicyclic amines) is 1. The molecule has 2 saturated heterocycles. The highest BCUT2D eigenvalue weighted by Gasteiger charge is 2.57. The molecule has 3 fully saturated rings. The number of benzene rings is 1. The van der Waals surface area contributed by atoms with Gasteiger partial charge in [-0.15, -0.1) is 0 Å². The number of carbonyl (C=O) groups is 1. The largest absolute Gasteiger partial charge is 0.453 e. The van der Waals surface area contributed by atoms with Gasteiger partial charge in [0.1, 0.15) is 0 Å². The van der Waals surface area contributed by atoms with Crippen LogP contribution in [0.3, 0.4) is 0 Å². The van der Waals surface area contributed by atoms with E-state index in [1.807, 2.05) is 4.90 Å². The standard InChI is InChI=1S/C23H31F5N4O4S/c24-22(25,23(26,27)28)8-7-17-1-3-18(4-2-17)31-13-15-32(16-14-31)37(35,36)21(20(33)29-34)9-11-30(12-10-21)19-5-6-19/h1-4,19,34H,5-16H2,(H,29,33). The van der Waals surface area contributed by atoms with Crippen molar-refractivity contribution in [2.75, 3.05) is 44.2 Å². The molecule has 0 atom stereocenters. The van der Waals surface area contributed by atoms with Crippen LogP contribution in [-0.4, -0.2) is 90.9 Å². The predicted octanol–water partition coefficient (Wildman–Crippen LogP) is 2.77. The first-order valence-electron chi connectivity index (χ1n) is 12.3. The SMILES string of the molecule is O=C(NO)C1(S(=O)(=O)N2CCN(c3ccc(CCC(F)(F)C(F)(F)F)cc3)CC2)CCN(C2CC2)CC1. The Morgan fingerprint density at radius 1 is 0.973 bits per heavy atom. The molecule has 4 rings (SSSR count). The van der Waals surface area contributed by atoms with Crippen LogP contribution in [0.4, 0.5) is 27.6 Å². The number of rotatable bonds is 8. The lowest BCUT2D eigenvalue weighted by molar-refractivity contribution is -0.284. The highest BCUT2D eigenvalue weighted by atomic mass is 32.2. The predicted molar refractivity (Wildman–Crippen MR) is 125 cm³/mol. The number of nitrogens with zero attached hydrogens (tertiary/aromatic N) is 3. The van der Waals surface area contributed by atoms with Crippen molar-refractivity contribution in [3.63, 3.8) is 0 Å².